The molecule has 2 heterocycles. The first kappa shape index (κ1) is 12.8. The topological polar surface area (TPSA) is 58.9 Å². The Morgan fingerprint density at radius 1 is 1.33 bits per heavy atom. The number of hydrogen-bond acceptors (Lipinski definition) is 4. The number of aliphatic hydroxyl groups excluding tert-OH is 1. The van der Waals surface area contributed by atoms with Gasteiger partial charge in [0.1, 0.15) is 11.4 Å². The van der Waals surface area contributed by atoms with Gasteiger partial charge in [0.15, 0.2) is 5.82 Å². The highest BCUT2D eigenvalue weighted by Gasteiger charge is 2.18. The van der Waals surface area contributed by atoms with E-state index in [2.05, 4.69) is 15.0 Å². The summed E-state index contributed by atoms with van der Waals surface area (Å²) in [5.41, 5.74) is -0.296. The van der Waals surface area contributed by atoms with Gasteiger partial charge in [-0.15, -0.1) is 0 Å². The lowest BCUT2D eigenvalue weighted by atomic mass is 10.2. The molecule has 0 aromatic carbocycles. The monoisotopic (exact) mass is 271 g/mol. The molecule has 0 atom stereocenters. The number of aliphatic hydroxyl groups is 1. The van der Waals surface area contributed by atoms with Crippen molar-refractivity contribution in [2.24, 2.45) is 0 Å². The summed E-state index contributed by atoms with van der Waals surface area (Å²) in [6, 6.07) is 3.18. The summed E-state index contributed by atoms with van der Waals surface area (Å²) in [6.45, 7) is -0.546. The normalized spacial score (nSPS) is 10.9. The summed E-state index contributed by atoms with van der Waals surface area (Å²) in [4.78, 5) is 11.5. The highest BCUT2D eigenvalue weighted by atomic mass is 35.5. The molecule has 94 valence electrons. The quantitative estimate of drug-likeness (QED) is 0.932. The molecule has 18 heavy (non-hydrogen) atoms. The molecule has 0 radical (unpaired) electrons. The van der Waals surface area contributed by atoms with Gasteiger partial charge in [-0.2, -0.15) is 0 Å². The van der Waals surface area contributed by atoms with Crippen LogP contribution in [0.25, 0.3) is 11.5 Å². The maximum Gasteiger partial charge on any atom is 0.280 e. The van der Waals surface area contributed by atoms with Crippen LogP contribution >= 0.6 is 11.6 Å². The van der Waals surface area contributed by atoms with Gasteiger partial charge in [0.2, 0.25) is 0 Å². The first-order valence-corrected chi connectivity index (χ1v) is 5.37. The van der Waals surface area contributed by atoms with Crippen LogP contribution in [0, 0.1) is 0 Å². The van der Waals surface area contributed by atoms with Crippen LogP contribution in [0.15, 0.2) is 24.5 Å². The number of nitrogens with zero attached hydrogens (tertiary/aromatic N) is 3. The lowest BCUT2D eigenvalue weighted by molar-refractivity contribution is 0.141. The Labute approximate surface area is 106 Å². The third-order valence-electron chi connectivity index (χ3n) is 2.25. The van der Waals surface area contributed by atoms with Crippen molar-refractivity contribution in [2.75, 3.05) is 0 Å². The van der Waals surface area contributed by atoms with Crippen LogP contribution in [0.4, 0.5) is 8.78 Å². The predicted octanol–water partition coefficient (Wildman–Crippen LogP) is 2.62. The molecule has 7 heteroatoms. The van der Waals surface area contributed by atoms with Crippen LogP contribution < -0.4 is 0 Å². The second-order valence-electron chi connectivity index (χ2n) is 3.40. The zero-order valence-corrected chi connectivity index (χ0v) is 9.77. The smallest absolute Gasteiger partial charge is 0.280 e. The summed E-state index contributed by atoms with van der Waals surface area (Å²) in [7, 11) is 0. The Kier molecular flexibility index (Phi) is 3.78. The summed E-state index contributed by atoms with van der Waals surface area (Å²) >= 11 is 5.88. The molecule has 2 rings (SSSR count). The average Bonchev–Trinajstić information content (AvgIpc) is 2.38. The van der Waals surface area contributed by atoms with Crippen LogP contribution in [-0.2, 0) is 6.61 Å². The van der Waals surface area contributed by atoms with E-state index in [1.165, 1.54) is 6.20 Å². The van der Waals surface area contributed by atoms with Crippen molar-refractivity contribution in [1.82, 2.24) is 15.0 Å². The van der Waals surface area contributed by atoms with Crippen molar-refractivity contribution in [1.29, 1.82) is 0 Å². The number of rotatable bonds is 3. The van der Waals surface area contributed by atoms with E-state index in [4.69, 9.17) is 16.7 Å². The first-order chi connectivity index (χ1) is 8.63. The molecule has 0 bridgehead atoms. The molecule has 0 amide bonds. The Morgan fingerprint density at radius 3 is 2.72 bits per heavy atom. The van der Waals surface area contributed by atoms with E-state index in [9.17, 15) is 8.78 Å². The van der Waals surface area contributed by atoms with E-state index in [1.54, 1.807) is 12.1 Å². The van der Waals surface area contributed by atoms with Crippen molar-refractivity contribution < 1.29 is 13.9 Å². The number of hydrogen-bond donors (Lipinski definition) is 1. The molecule has 0 saturated carbocycles. The van der Waals surface area contributed by atoms with Gasteiger partial charge >= 0.3 is 0 Å². The molecule has 0 unspecified atom stereocenters. The number of pyridine rings is 1. The van der Waals surface area contributed by atoms with Gasteiger partial charge < -0.3 is 5.11 Å². The summed E-state index contributed by atoms with van der Waals surface area (Å²) in [5.74, 6) is 0.00750. The highest BCUT2D eigenvalue weighted by Crippen LogP contribution is 2.26. The molecule has 0 fully saturated rings. The lowest BCUT2D eigenvalue weighted by Gasteiger charge is -2.07. The van der Waals surface area contributed by atoms with Gasteiger partial charge in [-0.1, -0.05) is 11.6 Å². The molecule has 0 spiro atoms. The van der Waals surface area contributed by atoms with Crippen molar-refractivity contribution in [3.63, 3.8) is 0 Å². The number of halogens is 3. The second kappa shape index (κ2) is 5.32. The Bertz CT molecular complexity index is 566. The maximum absolute atomic E-state index is 12.8. The third kappa shape index (κ3) is 2.44. The molecule has 2 aromatic rings. The van der Waals surface area contributed by atoms with E-state index < -0.39 is 18.7 Å². The molecule has 1 N–H and O–H groups in total. The second-order valence-corrected chi connectivity index (χ2v) is 3.80. The molecule has 2 aromatic heterocycles. The van der Waals surface area contributed by atoms with Gasteiger partial charge in [-0.25, -0.2) is 18.7 Å². The van der Waals surface area contributed by atoms with Gasteiger partial charge in [0.25, 0.3) is 6.43 Å². The zero-order valence-electron chi connectivity index (χ0n) is 9.02. The Balaban J connectivity index is 2.54. The zero-order chi connectivity index (χ0) is 13.1. The predicted molar refractivity (Wildman–Crippen MR) is 61.2 cm³/mol. The first-order valence-electron chi connectivity index (χ1n) is 4.99. The van der Waals surface area contributed by atoms with Crippen molar-refractivity contribution in [3.05, 3.63) is 40.8 Å². The maximum atomic E-state index is 12.8. The minimum Gasteiger partial charge on any atom is -0.392 e. The molecule has 0 aliphatic heterocycles. The lowest BCUT2D eigenvalue weighted by Crippen LogP contribution is -2.03. The van der Waals surface area contributed by atoms with Crippen molar-refractivity contribution in [3.8, 4) is 11.5 Å². The molecule has 0 saturated heterocycles. The van der Waals surface area contributed by atoms with Crippen molar-refractivity contribution in [2.45, 2.75) is 13.0 Å². The Morgan fingerprint density at radius 2 is 2.11 bits per heavy atom. The molecule has 4 nitrogen and oxygen atoms in total. The fraction of sp³-hybridized carbons (Fsp3) is 0.182. The number of alkyl halides is 2. The minimum absolute atomic E-state index is 0.00750. The van der Waals surface area contributed by atoms with Crippen LogP contribution in [-0.4, -0.2) is 20.1 Å². The van der Waals surface area contributed by atoms with Gasteiger partial charge in [-0.3, -0.25) is 4.98 Å². The van der Waals surface area contributed by atoms with Crippen LogP contribution in [0.3, 0.4) is 0 Å². The van der Waals surface area contributed by atoms with Crippen molar-refractivity contribution >= 4 is 11.6 Å². The molecular formula is C11H8ClF2N3O. The fourth-order valence-electron chi connectivity index (χ4n) is 1.40. The van der Waals surface area contributed by atoms with E-state index in [0.717, 1.165) is 6.20 Å². The van der Waals surface area contributed by atoms with Crippen LogP contribution in [0.2, 0.25) is 5.02 Å². The summed E-state index contributed by atoms with van der Waals surface area (Å²) in [5, 5.41) is 9.20. The largest absolute Gasteiger partial charge is 0.392 e. The van der Waals surface area contributed by atoms with E-state index in [0.29, 0.717) is 0 Å². The summed E-state index contributed by atoms with van der Waals surface area (Å²) < 4.78 is 25.5. The summed E-state index contributed by atoms with van der Waals surface area (Å²) in [6.07, 6.45) is -0.183. The average molecular weight is 272 g/mol. The van der Waals surface area contributed by atoms with E-state index in [-0.39, 0.29) is 22.1 Å². The highest BCUT2D eigenvalue weighted by molar-refractivity contribution is 6.32. The molecule has 0 aliphatic carbocycles. The van der Waals surface area contributed by atoms with Gasteiger partial charge in [0.05, 0.1) is 11.6 Å². The van der Waals surface area contributed by atoms with Gasteiger partial charge in [0, 0.05) is 18.0 Å². The van der Waals surface area contributed by atoms with Crippen LogP contribution in [0.1, 0.15) is 17.7 Å². The molecule has 0 aliphatic rings. The third-order valence-corrected chi connectivity index (χ3v) is 2.55. The fourth-order valence-corrected chi connectivity index (χ4v) is 1.60. The SMILES string of the molecule is OCc1cnc(-c2ncccc2Cl)nc1C(F)F. The van der Waals surface area contributed by atoms with Gasteiger partial charge in [-0.05, 0) is 12.1 Å². The standard InChI is InChI=1S/C11H8ClF2N3O/c12-7-2-1-3-15-9(7)11-16-4-6(5-18)8(17-11)10(13)14/h1-4,10,18H,5H2. The minimum atomic E-state index is -2.80. The molecular weight excluding hydrogens is 264 g/mol. The van der Waals surface area contributed by atoms with E-state index in [1.807, 2.05) is 0 Å². The Hall–Kier alpha value is -1.66. The number of aromatic nitrogens is 3. The van der Waals surface area contributed by atoms with E-state index >= 15 is 0 Å². The van der Waals surface area contributed by atoms with Crippen LogP contribution in [0.5, 0.6) is 0 Å².